The topological polar surface area (TPSA) is 253 Å². The molecule has 16 heteroatoms. The van der Waals surface area contributed by atoms with E-state index in [4.69, 9.17) is 25.1 Å². The molecule has 0 spiro atoms. The second-order valence-electron chi connectivity index (χ2n) is 17.6. The van der Waals surface area contributed by atoms with Gasteiger partial charge in [-0.3, -0.25) is 28.8 Å². The molecule has 16 nitrogen and oxygen atoms in total. The minimum atomic E-state index is -1.42. The van der Waals surface area contributed by atoms with Gasteiger partial charge < -0.3 is 51.2 Å². The van der Waals surface area contributed by atoms with Crippen molar-refractivity contribution in [1.82, 2.24) is 16.0 Å². The summed E-state index contributed by atoms with van der Waals surface area (Å²) in [5.74, 6) is -3.50. The monoisotopic (exact) mass is 856 g/mol. The number of fused-ring (bicyclic) bond motifs is 7. The van der Waals surface area contributed by atoms with Crippen LogP contribution in [0, 0.1) is 28.6 Å². The summed E-state index contributed by atoms with van der Waals surface area (Å²) >= 11 is 0. The molecule has 10 atom stereocenters. The van der Waals surface area contributed by atoms with Gasteiger partial charge in [-0.2, -0.15) is 0 Å². The van der Waals surface area contributed by atoms with E-state index in [0.29, 0.717) is 19.3 Å². The van der Waals surface area contributed by atoms with E-state index in [1.54, 1.807) is 12.2 Å². The molecular weight excluding hydrogens is 801 g/mol. The van der Waals surface area contributed by atoms with Crippen LogP contribution in [0.25, 0.3) is 0 Å². The molecule has 62 heavy (non-hydrogen) atoms. The highest BCUT2D eigenvalue weighted by Gasteiger charge is 2.75. The predicted octanol–water partition coefficient (Wildman–Crippen LogP) is 1.90. The SMILES string of the molecule is CC12C=CC(=O)C=C1CC[C@@H]1[C@@H]2C(O)C[C@@]2(C)[C@H]1CC1O[C@@H](c3ccc(Cc4ccc(COCNC(=O)CNC(=O)[C@H](CCC(=O)O)NC(=O)CN)cc4)cc3)O[C@]12C(=O)CO. The number of rotatable bonds is 17. The van der Waals surface area contributed by atoms with E-state index >= 15 is 0 Å². The zero-order chi connectivity index (χ0) is 44.4. The van der Waals surface area contributed by atoms with Crippen molar-refractivity contribution in [1.29, 1.82) is 0 Å². The standard InChI is InChI=1S/C46H56N4O12/c1-44-16-15-31(52)18-30(44)11-12-32-33-19-37-46(36(54)23-51,45(33,2)20-35(53)41(32)44)62-43(61-37)29-9-7-27(8-10-29)17-26-3-5-28(6-4-26)24-60-25-49-39(56)22-48-42(59)34(13-14-40(57)58)50-38(55)21-47/h3-10,15-16,18,32-35,37,41,43,51,53H,11-14,17,19-25,47H2,1-2H3,(H,48,59)(H,49,56)(H,50,55)(H,57,58)/t32-,33-,34-,35?,37?,41+,43+,44?,45-,46+/m0/s1. The van der Waals surface area contributed by atoms with Gasteiger partial charge in [0.15, 0.2) is 23.5 Å². The van der Waals surface area contributed by atoms with Crippen LogP contribution in [0.1, 0.15) is 80.9 Å². The van der Waals surface area contributed by atoms with Crippen LogP contribution in [-0.4, -0.2) is 101 Å². The van der Waals surface area contributed by atoms with Crippen molar-refractivity contribution in [2.75, 3.05) is 26.4 Å². The van der Waals surface area contributed by atoms with Crippen molar-refractivity contribution in [3.63, 3.8) is 0 Å². The lowest BCUT2D eigenvalue weighted by molar-refractivity contribution is -0.201. The maximum atomic E-state index is 13.9. The Bertz CT molecular complexity index is 2120. The van der Waals surface area contributed by atoms with Gasteiger partial charge in [0, 0.05) is 28.7 Å². The second kappa shape index (κ2) is 18.3. The molecule has 0 radical (unpaired) electrons. The number of allylic oxidation sites excluding steroid dienone is 4. The lowest BCUT2D eigenvalue weighted by Gasteiger charge is -2.59. The number of carbonyl (C=O) groups is 6. The molecule has 2 aromatic rings. The fourth-order valence-electron chi connectivity index (χ4n) is 11.1. The molecular formula is C46H56N4O12. The van der Waals surface area contributed by atoms with Gasteiger partial charge in [-0.25, -0.2) is 0 Å². The highest BCUT2D eigenvalue weighted by atomic mass is 16.7. The largest absolute Gasteiger partial charge is 0.481 e. The molecule has 0 aromatic heterocycles. The Labute approximate surface area is 359 Å². The van der Waals surface area contributed by atoms with E-state index in [1.165, 1.54) is 0 Å². The Balaban J connectivity index is 0.902. The zero-order valence-electron chi connectivity index (χ0n) is 35.0. The molecule has 0 bridgehead atoms. The Morgan fingerprint density at radius 2 is 1.68 bits per heavy atom. The number of hydrogen-bond acceptors (Lipinski definition) is 12. The molecule has 2 aromatic carbocycles. The van der Waals surface area contributed by atoms with Crippen LogP contribution in [0.5, 0.6) is 0 Å². The molecule has 3 amide bonds. The normalized spacial score (nSPS) is 31.1. The first kappa shape index (κ1) is 44.9. The number of nitrogens with two attached hydrogens (primary N) is 1. The number of carbonyl (C=O) groups excluding carboxylic acids is 5. The molecule has 5 aliphatic rings. The van der Waals surface area contributed by atoms with Gasteiger partial charge in [0.05, 0.1) is 31.9 Å². The number of ether oxygens (including phenoxy) is 3. The number of aliphatic hydroxyl groups excluding tert-OH is 2. The molecule has 332 valence electrons. The van der Waals surface area contributed by atoms with Crippen molar-refractivity contribution in [2.45, 2.75) is 95.5 Å². The van der Waals surface area contributed by atoms with Crippen molar-refractivity contribution in [2.24, 2.45) is 34.3 Å². The highest BCUT2D eigenvalue weighted by Crippen LogP contribution is 2.70. The zero-order valence-corrected chi connectivity index (χ0v) is 35.0. The first-order valence-electron chi connectivity index (χ1n) is 21.2. The predicted molar refractivity (Wildman–Crippen MR) is 221 cm³/mol. The number of nitrogens with one attached hydrogen (secondary N) is 3. The number of benzene rings is 2. The summed E-state index contributed by atoms with van der Waals surface area (Å²) in [4.78, 5) is 73.4. The summed E-state index contributed by atoms with van der Waals surface area (Å²) in [7, 11) is 0. The van der Waals surface area contributed by atoms with Crippen LogP contribution in [-0.2, 0) is 56.0 Å². The molecule has 1 heterocycles. The van der Waals surface area contributed by atoms with E-state index in [0.717, 1.165) is 40.7 Å². The number of hydrogen-bond donors (Lipinski definition) is 7. The number of aliphatic hydroxyl groups is 2. The average Bonchev–Trinajstić information content (AvgIpc) is 3.76. The number of Topliss-reactive ketones (excluding diaryl/α,β-unsaturated/α-hetero) is 1. The summed E-state index contributed by atoms with van der Waals surface area (Å²) < 4.78 is 18.9. The number of carboxylic acids is 1. The summed E-state index contributed by atoms with van der Waals surface area (Å²) in [5, 5.41) is 38.4. The average molecular weight is 857 g/mol. The quantitative estimate of drug-likeness (QED) is 0.0888. The molecule has 4 aliphatic carbocycles. The van der Waals surface area contributed by atoms with Gasteiger partial charge in [-0.15, -0.1) is 0 Å². The molecule has 3 saturated carbocycles. The number of carboxylic acid groups (broad SMARTS) is 1. The summed E-state index contributed by atoms with van der Waals surface area (Å²) in [5.41, 5.74) is 7.36. The smallest absolute Gasteiger partial charge is 0.303 e. The van der Waals surface area contributed by atoms with Gasteiger partial charge >= 0.3 is 5.97 Å². The van der Waals surface area contributed by atoms with Gasteiger partial charge in [0.25, 0.3) is 0 Å². The van der Waals surface area contributed by atoms with E-state index in [9.17, 15) is 39.0 Å². The van der Waals surface area contributed by atoms with Gasteiger partial charge in [-0.1, -0.05) is 74.0 Å². The van der Waals surface area contributed by atoms with E-state index in [-0.39, 0.29) is 56.3 Å². The maximum Gasteiger partial charge on any atom is 0.303 e. The lowest BCUT2D eigenvalue weighted by atomic mass is 9.46. The summed E-state index contributed by atoms with van der Waals surface area (Å²) in [6, 6.07) is 14.5. The van der Waals surface area contributed by atoms with E-state index in [1.807, 2.05) is 61.5 Å². The number of ketones is 2. The fraction of sp³-hybridized carbons (Fsp3) is 0.522. The lowest BCUT2D eigenvalue weighted by Crippen LogP contribution is -2.63. The Hall–Kier alpha value is -5.10. The molecule has 3 unspecified atom stereocenters. The van der Waals surface area contributed by atoms with Crippen molar-refractivity contribution in [3.8, 4) is 0 Å². The third-order valence-corrected chi connectivity index (χ3v) is 14.0. The number of aliphatic carboxylic acids is 1. The van der Waals surface area contributed by atoms with Crippen molar-refractivity contribution in [3.05, 3.63) is 94.6 Å². The summed E-state index contributed by atoms with van der Waals surface area (Å²) in [6.45, 7) is 2.74. The molecule has 1 saturated heterocycles. The third kappa shape index (κ3) is 8.64. The van der Waals surface area contributed by atoms with Crippen molar-refractivity contribution >= 4 is 35.3 Å². The van der Waals surface area contributed by atoms with E-state index in [2.05, 4.69) is 22.9 Å². The van der Waals surface area contributed by atoms with Crippen LogP contribution >= 0.6 is 0 Å². The van der Waals surface area contributed by atoms with Gasteiger partial charge in [0.2, 0.25) is 17.7 Å². The van der Waals surface area contributed by atoms with Gasteiger partial charge in [-0.05, 0) is 79.2 Å². The minimum absolute atomic E-state index is 0.00740. The van der Waals surface area contributed by atoms with Crippen LogP contribution in [0.2, 0.25) is 0 Å². The Kier molecular flexibility index (Phi) is 13.3. The van der Waals surface area contributed by atoms with E-state index < -0.39 is 83.6 Å². The van der Waals surface area contributed by atoms with Gasteiger partial charge in [0.1, 0.15) is 19.4 Å². The maximum absolute atomic E-state index is 13.9. The summed E-state index contributed by atoms with van der Waals surface area (Å²) in [6.07, 6.45) is 5.63. The van der Waals surface area contributed by atoms with Crippen LogP contribution in [0.3, 0.4) is 0 Å². The van der Waals surface area contributed by atoms with Crippen molar-refractivity contribution < 1.29 is 58.3 Å². The molecule has 1 aliphatic heterocycles. The Morgan fingerprint density at radius 3 is 2.35 bits per heavy atom. The second-order valence-corrected chi connectivity index (χ2v) is 17.6. The molecule has 4 fully saturated rings. The van der Waals surface area contributed by atoms with Crippen LogP contribution in [0.4, 0.5) is 0 Å². The molecule has 7 rings (SSSR count). The third-order valence-electron chi connectivity index (χ3n) is 14.0. The highest BCUT2D eigenvalue weighted by molar-refractivity contribution is 6.01. The fourth-order valence-corrected chi connectivity index (χ4v) is 11.1. The van der Waals surface area contributed by atoms with Crippen LogP contribution < -0.4 is 21.7 Å². The molecule has 8 N–H and O–H groups in total. The first-order chi connectivity index (χ1) is 29.6. The Morgan fingerprint density at radius 1 is 0.984 bits per heavy atom. The van der Waals surface area contributed by atoms with Crippen LogP contribution in [0.15, 0.2) is 72.3 Å². The minimum Gasteiger partial charge on any atom is -0.481 e. The number of amides is 3. The first-order valence-corrected chi connectivity index (χ1v) is 21.2.